The number of hydrogen-bond donors (Lipinski definition) is 2. The van der Waals surface area contributed by atoms with Crippen molar-refractivity contribution in [2.45, 2.75) is 19.4 Å². The number of pyridine rings is 3. The molecule has 0 aliphatic carbocycles. The van der Waals surface area contributed by atoms with E-state index in [2.05, 4.69) is 40.0 Å². The fraction of sp³-hybridized carbons (Fsp3) is 0.179. The van der Waals surface area contributed by atoms with Gasteiger partial charge in [-0.05, 0) is 49.7 Å². The summed E-state index contributed by atoms with van der Waals surface area (Å²) in [7, 11) is 0. The van der Waals surface area contributed by atoms with Gasteiger partial charge in [0, 0.05) is 41.8 Å². The van der Waals surface area contributed by atoms with Gasteiger partial charge in [0.2, 0.25) is 0 Å². The third-order valence-electron chi connectivity index (χ3n) is 7.00. The molecule has 0 amide bonds. The molecule has 1 saturated heterocycles. The molecule has 1 aliphatic rings. The lowest BCUT2D eigenvalue weighted by molar-refractivity contribution is 0.331. The summed E-state index contributed by atoms with van der Waals surface area (Å²) in [6.45, 7) is 2.90. The van der Waals surface area contributed by atoms with Crippen LogP contribution in [0.25, 0.3) is 56.0 Å². The Labute approximate surface area is 215 Å². The molecule has 0 spiro atoms. The van der Waals surface area contributed by atoms with E-state index in [0.29, 0.717) is 44.9 Å². The van der Waals surface area contributed by atoms with Gasteiger partial charge in [0.05, 0.1) is 22.6 Å². The quantitative estimate of drug-likeness (QED) is 0.319. The molecule has 0 atom stereocenters. The van der Waals surface area contributed by atoms with Crippen LogP contribution in [0.1, 0.15) is 18.4 Å². The van der Waals surface area contributed by atoms with Crippen molar-refractivity contribution in [1.29, 1.82) is 0 Å². The number of aromatic amines is 2. The molecular formula is C28H22F2N8. The topological polar surface area (TPSA) is 99.3 Å². The fourth-order valence-corrected chi connectivity index (χ4v) is 5.18. The summed E-state index contributed by atoms with van der Waals surface area (Å²) in [5, 5.41) is 7.45. The molecule has 2 N–H and O–H groups in total. The van der Waals surface area contributed by atoms with Crippen LogP contribution < -0.4 is 0 Å². The van der Waals surface area contributed by atoms with Crippen molar-refractivity contribution in [2.75, 3.05) is 13.1 Å². The van der Waals surface area contributed by atoms with Crippen molar-refractivity contribution in [3.8, 4) is 33.9 Å². The summed E-state index contributed by atoms with van der Waals surface area (Å²) < 4.78 is 30.6. The van der Waals surface area contributed by atoms with Gasteiger partial charge in [-0.15, -0.1) is 0 Å². The summed E-state index contributed by atoms with van der Waals surface area (Å²) in [5.41, 5.74) is 4.48. The van der Waals surface area contributed by atoms with Crippen molar-refractivity contribution >= 4 is 22.1 Å². The first-order valence-corrected chi connectivity index (χ1v) is 12.4. The monoisotopic (exact) mass is 508 g/mol. The molecule has 1 aliphatic heterocycles. The average Bonchev–Trinajstić information content (AvgIpc) is 3.69. The Morgan fingerprint density at radius 2 is 1.79 bits per heavy atom. The molecule has 7 rings (SSSR count). The molecular weight excluding hydrogens is 486 g/mol. The standard InChI is InChI=1S/C28H22F2N8/c29-20-6-2-1-5-18(20)19-7-8-32-27-25(19)34-28(35-27)26-22-21(36-37-26)14-33-24(23(22)30)17-11-16(12-31-13-17)15-38-9-3-4-10-38/h1-2,5-8,11-14H,3-4,9-10,15H2,(H,36,37)(H,32,34,35). The van der Waals surface area contributed by atoms with E-state index >= 15 is 4.39 Å². The van der Waals surface area contributed by atoms with E-state index in [1.807, 2.05) is 12.3 Å². The van der Waals surface area contributed by atoms with Gasteiger partial charge in [-0.25, -0.2) is 18.7 Å². The van der Waals surface area contributed by atoms with Gasteiger partial charge < -0.3 is 4.98 Å². The maximum absolute atomic E-state index is 16.1. The van der Waals surface area contributed by atoms with Gasteiger partial charge in [-0.2, -0.15) is 5.10 Å². The van der Waals surface area contributed by atoms with Crippen molar-refractivity contribution < 1.29 is 8.78 Å². The Morgan fingerprint density at radius 3 is 2.66 bits per heavy atom. The van der Waals surface area contributed by atoms with E-state index in [1.165, 1.54) is 18.9 Å². The molecule has 1 fully saturated rings. The number of likely N-dealkylation sites (tertiary alicyclic amines) is 1. The Balaban J connectivity index is 1.32. The van der Waals surface area contributed by atoms with Gasteiger partial charge in [-0.3, -0.25) is 20.0 Å². The smallest absolute Gasteiger partial charge is 0.178 e. The zero-order valence-corrected chi connectivity index (χ0v) is 20.2. The van der Waals surface area contributed by atoms with Gasteiger partial charge >= 0.3 is 0 Å². The largest absolute Gasteiger partial charge is 0.335 e. The summed E-state index contributed by atoms with van der Waals surface area (Å²) >= 11 is 0. The molecule has 0 bridgehead atoms. The Kier molecular flexibility index (Phi) is 5.40. The Hall–Kier alpha value is -4.57. The first-order valence-electron chi connectivity index (χ1n) is 12.4. The lowest BCUT2D eigenvalue weighted by Gasteiger charge is -2.14. The minimum atomic E-state index is -0.519. The molecule has 6 aromatic rings. The summed E-state index contributed by atoms with van der Waals surface area (Å²) in [4.78, 5) is 23.2. The summed E-state index contributed by atoms with van der Waals surface area (Å²) in [6.07, 6.45) is 8.96. The number of nitrogens with one attached hydrogen (secondary N) is 2. The molecule has 1 aromatic carbocycles. The number of hydrogen-bond acceptors (Lipinski definition) is 6. The number of halogens is 2. The normalized spacial score (nSPS) is 14.2. The third-order valence-corrected chi connectivity index (χ3v) is 7.00. The second kappa shape index (κ2) is 9.07. The van der Waals surface area contributed by atoms with Gasteiger partial charge in [0.15, 0.2) is 17.3 Å². The molecule has 188 valence electrons. The van der Waals surface area contributed by atoms with Crippen molar-refractivity contribution in [3.63, 3.8) is 0 Å². The predicted molar refractivity (Wildman–Crippen MR) is 140 cm³/mol. The Morgan fingerprint density at radius 1 is 0.921 bits per heavy atom. The van der Waals surface area contributed by atoms with Crippen molar-refractivity contribution in [1.82, 2.24) is 40.0 Å². The maximum atomic E-state index is 16.1. The predicted octanol–water partition coefficient (Wildman–Crippen LogP) is 5.50. The van der Waals surface area contributed by atoms with Crippen LogP contribution in [0.15, 0.2) is 61.2 Å². The minimum Gasteiger partial charge on any atom is -0.335 e. The fourth-order valence-electron chi connectivity index (χ4n) is 5.18. The van der Waals surface area contributed by atoms with E-state index in [1.54, 1.807) is 42.9 Å². The molecule has 6 heterocycles. The molecule has 0 unspecified atom stereocenters. The number of aromatic nitrogens is 7. The van der Waals surface area contributed by atoms with Crippen molar-refractivity contribution in [2.24, 2.45) is 0 Å². The molecule has 0 radical (unpaired) electrons. The lowest BCUT2D eigenvalue weighted by Crippen LogP contribution is -2.18. The highest BCUT2D eigenvalue weighted by Crippen LogP contribution is 2.34. The van der Waals surface area contributed by atoms with Crippen LogP contribution in [-0.4, -0.2) is 53.1 Å². The highest BCUT2D eigenvalue weighted by atomic mass is 19.1. The Bertz CT molecular complexity index is 1800. The third kappa shape index (κ3) is 3.81. The second-order valence-corrected chi connectivity index (χ2v) is 9.47. The number of rotatable bonds is 5. The number of nitrogens with zero attached hydrogens (tertiary/aromatic N) is 6. The molecule has 0 saturated carbocycles. The first-order chi connectivity index (χ1) is 18.7. The van der Waals surface area contributed by atoms with Crippen LogP contribution in [0.2, 0.25) is 0 Å². The second-order valence-electron chi connectivity index (χ2n) is 9.47. The lowest BCUT2D eigenvalue weighted by atomic mass is 10.1. The number of fused-ring (bicyclic) bond motifs is 2. The van der Waals surface area contributed by atoms with E-state index in [4.69, 9.17) is 0 Å². The van der Waals surface area contributed by atoms with Crippen LogP contribution in [-0.2, 0) is 6.54 Å². The maximum Gasteiger partial charge on any atom is 0.178 e. The van der Waals surface area contributed by atoms with Crippen LogP contribution in [0.3, 0.4) is 0 Å². The summed E-state index contributed by atoms with van der Waals surface area (Å²) in [6, 6.07) is 10.2. The number of imidazole rings is 1. The first kappa shape index (κ1) is 22.6. The highest BCUT2D eigenvalue weighted by Gasteiger charge is 2.22. The molecule has 8 nitrogen and oxygen atoms in total. The highest BCUT2D eigenvalue weighted by molar-refractivity contribution is 5.97. The molecule has 38 heavy (non-hydrogen) atoms. The van der Waals surface area contributed by atoms with Crippen LogP contribution >= 0.6 is 0 Å². The van der Waals surface area contributed by atoms with E-state index < -0.39 is 5.82 Å². The van der Waals surface area contributed by atoms with Gasteiger partial charge in [-0.1, -0.05) is 18.2 Å². The minimum absolute atomic E-state index is 0.192. The zero-order valence-electron chi connectivity index (χ0n) is 20.2. The number of H-pyrrole nitrogens is 2. The van der Waals surface area contributed by atoms with E-state index in [9.17, 15) is 4.39 Å². The molecule has 5 aromatic heterocycles. The molecule has 10 heteroatoms. The summed E-state index contributed by atoms with van der Waals surface area (Å²) in [5.74, 6) is -0.558. The van der Waals surface area contributed by atoms with Gasteiger partial charge in [0.1, 0.15) is 17.2 Å². The average molecular weight is 509 g/mol. The number of benzene rings is 1. The zero-order chi connectivity index (χ0) is 25.6. The SMILES string of the molecule is Fc1ccccc1-c1ccnc2nc(-c3n[nH]c4cnc(-c5cncc(CN6CCCC6)c5)c(F)c34)[nH]c12. The van der Waals surface area contributed by atoms with Crippen LogP contribution in [0, 0.1) is 11.6 Å². The van der Waals surface area contributed by atoms with E-state index in [0.717, 1.165) is 25.2 Å². The van der Waals surface area contributed by atoms with Crippen molar-refractivity contribution in [3.05, 3.63) is 78.4 Å². The van der Waals surface area contributed by atoms with E-state index in [-0.39, 0.29) is 16.9 Å². The van der Waals surface area contributed by atoms with Crippen LogP contribution in [0.5, 0.6) is 0 Å². The van der Waals surface area contributed by atoms with Gasteiger partial charge in [0.25, 0.3) is 0 Å². The van der Waals surface area contributed by atoms with Crippen LogP contribution in [0.4, 0.5) is 8.78 Å².